The van der Waals surface area contributed by atoms with E-state index in [4.69, 9.17) is 0 Å². The first-order valence-electron chi connectivity index (χ1n) is 7.49. The third-order valence-electron chi connectivity index (χ3n) is 3.21. The van der Waals surface area contributed by atoms with E-state index in [1.54, 1.807) is 36.4 Å². The Labute approximate surface area is 140 Å². The molecule has 0 aromatic heterocycles. The molecule has 0 saturated heterocycles. The Bertz CT molecular complexity index is 735. The third-order valence-corrected chi connectivity index (χ3v) is 3.21. The predicted octanol–water partition coefficient (Wildman–Crippen LogP) is 2.75. The van der Waals surface area contributed by atoms with E-state index in [1.807, 2.05) is 13.8 Å². The Hall–Kier alpha value is -3.15. The third kappa shape index (κ3) is 4.95. The van der Waals surface area contributed by atoms with Crippen LogP contribution < -0.4 is 10.7 Å². The van der Waals surface area contributed by atoms with Crippen LogP contribution >= 0.6 is 0 Å². The SMILES string of the molecule is CC(C)C(=O)Nc1ccc(C(=O)N/N=C\c2ccc(O)cc2)cc1. The number of hydrazone groups is 1. The van der Waals surface area contributed by atoms with E-state index in [1.165, 1.54) is 18.3 Å². The second-order valence-electron chi connectivity index (χ2n) is 5.51. The first kappa shape index (κ1) is 17.2. The average Bonchev–Trinajstić information content (AvgIpc) is 2.57. The molecule has 2 rings (SSSR count). The summed E-state index contributed by atoms with van der Waals surface area (Å²) in [6.07, 6.45) is 1.48. The van der Waals surface area contributed by atoms with Crippen LogP contribution in [0.3, 0.4) is 0 Å². The van der Waals surface area contributed by atoms with Gasteiger partial charge in [-0.1, -0.05) is 13.8 Å². The maximum absolute atomic E-state index is 12.0. The van der Waals surface area contributed by atoms with Crippen molar-refractivity contribution in [3.63, 3.8) is 0 Å². The van der Waals surface area contributed by atoms with Crippen molar-refractivity contribution < 1.29 is 14.7 Å². The Morgan fingerprint density at radius 3 is 2.25 bits per heavy atom. The molecule has 3 N–H and O–H groups in total. The molecule has 0 spiro atoms. The predicted molar refractivity (Wildman–Crippen MR) is 93.1 cm³/mol. The zero-order valence-electron chi connectivity index (χ0n) is 13.5. The number of rotatable bonds is 5. The van der Waals surface area contributed by atoms with Gasteiger partial charge in [0.25, 0.3) is 5.91 Å². The largest absolute Gasteiger partial charge is 0.508 e. The number of benzene rings is 2. The van der Waals surface area contributed by atoms with Crippen LogP contribution in [0, 0.1) is 5.92 Å². The number of phenolic OH excluding ortho intramolecular Hbond substituents is 1. The van der Waals surface area contributed by atoms with Gasteiger partial charge in [0.1, 0.15) is 5.75 Å². The quantitative estimate of drug-likeness (QED) is 0.583. The van der Waals surface area contributed by atoms with E-state index in [2.05, 4.69) is 15.8 Å². The number of anilines is 1. The van der Waals surface area contributed by atoms with Gasteiger partial charge in [-0.05, 0) is 54.1 Å². The lowest BCUT2D eigenvalue weighted by Crippen LogP contribution is -2.19. The number of aromatic hydroxyl groups is 1. The molecule has 0 bridgehead atoms. The van der Waals surface area contributed by atoms with E-state index in [9.17, 15) is 14.7 Å². The highest BCUT2D eigenvalue weighted by atomic mass is 16.3. The summed E-state index contributed by atoms with van der Waals surface area (Å²) in [6.45, 7) is 3.62. The second-order valence-corrected chi connectivity index (χ2v) is 5.51. The lowest BCUT2D eigenvalue weighted by molar-refractivity contribution is -0.118. The van der Waals surface area contributed by atoms with E-state index in [0.717, 1.165) is 5.56 Å². The molecule has 0 heterocycles. The highest BCUT2D eigenvalue weighted by Crippen LogP contribution is 2.11. The van der Waals surface area contributed by atoms with Crippen molar-refractivity contribution in [3.8, 4) is 5.75 Å². The van der Waals surface area contributed by atoms with Crippen molar-refractivity contribution >= 4 is 23.7 Å². The van der Waals surface area contributed by atoms with Crippen molar-refractivity contribution in [2.45, 2.75) is 13.8 Å². The standard InChI is InChI=1S/C18H19N3O3/c1-12(2)17(23)20-15-7-5-14(6-8-15)18(24)21-19-11-13-3-9-16(22)10-4-13/h3-12,22H,1-2H3,(H,20,23)(H,21,24)/b19-11-. The topological polar surface area (TPSA) is 90.8 Å². The van der Waals surface area contributed by atoms with Crippen LogP contribution in [0.1, 0.15) is 29.8 Å². The van der Waals surface area contributed by atoms with Gasteiger partial charge in [0.15, 0.2) is 0 Å². The van der Waals surface area contributed by atoms with Crippen LogP contribution in [0.2, 0.25) is 0 Å². The summed E-state index contributed by atoms with van der Waals surface area (Å²) in [5.41, 5.74) is 4.24. The van der Waals surface area contributed by atoms with Crippen molar-refractivity contribution in [2.75, 3.05) is 5.32 Å². The van der Waals surface area contributed by atoms with Gasteiger partial charge >= 0.3 is 0 Å². The maximum Gasteiger partial charge on any atom is 0.271 e. The van der Waals surface area contributed by atoms with Crippen LogP contribution in [0.15, 0.2) is 53.6 Å². The number of hydrogen-bond donors (Lipinski definition) is 3. The first-order valence-corrected chi connectivity index (χ1v) is 7.49. The molecule has 2 aromatic rings. The maximum atomic E-state index is 12.0. The molecule has 0 fully saturated rings. The van der Waals surface area contributed by atoms with Gasteiger partial charge in [0, 0.05) is 17.2 Å². The minimum absolute atomic E-state index is 0.0781. The van der Waals surface area contributed by atoms with E-state index in [0.29, 0.717) is 11.3 Å². The fraction of sp³-hybridized carbons (Fsp3) is 0.167. The van der Waals surface area contributed by atoms with Gasteiger partial charge in [-0.3, -0.25) is 9.59 Å². The molecule has 24 heavy (non-hydrogen) atoms. The van der Waals surface area contributed by atoms with Gasteiger partial charge in [-0.25, -0.2) is 5.43 Å². The smallest absolute Gasteiger partial charge is 0.271 e. The first-order chi connectivity index (χ1) is 11.5. The molecule has 0 atom stereocenters. The average molecular weight is 325 g/mol. The highest BCUT2D eigenvalue weighted by molar-refractivity contribution is 5.96. The van der Waals surface area contributed by atoms with Crippen molar-refractivity contribution in [1.29, 1.82) is 0 Å². The zero-order chi connectivity index (χ0) is 17.5. The van der Waals surface area contributed by atoms with E-state index < -0.39 is 0 Å². The Morgan fingerprint density at radius 1 is 1.04 bits per heavy atom. The molecule has 0 aliphatic rings. The van der Waals surface area contributed by atoms with Crippen LogP contribution in [0.25, 0.3) is 0 Å². The lowest BCUT2D eigenvalue weighted by Gasteiger charge is -2.08. The number of hydrogen-bond acceptors (Lipinski definition) is 4. The Kier molecular flexibility index (Phi) is 5.68. The number of amides is 2. The minimum atomic E-state index is -0.355. The molecule has 0 aliphatic carbocycles. The number of carbonyl (C=O) groups is 2. The van der Waals surface area contributed by atoms with Crippen LogP contribution in [-0.4, -0.2) is 23.1 Å². The normalized spacial score (nSPS) is 10.8. The summed E-state index contributed by atoms with van der Waals surface area (Å²) in [7, 11) is 0. The summed E-state index contributed by atoms with van der Waals surface area (Å²) in [4.78, 5) is 23.6. The number of nitrogens with zero attached hydrogens (tertiary/aromatic N) is 1. The number of carbonyl (C=O) groups excluding carboxylic acids is 2. The van der Waals surface area contributed by atoms with Crippen molar-refractivity contribution in [1.82, 2.24) is 5.43 Å². The molecule has 0 unspecified atom stereocenters. The van der Waals surface area contributed by atoms with Crippen molar-refractivity contribution in [3.05, 3.63) is 59.7 Å². The van der Waals surface area contributed by atoms with Crippen LogP contribution in [0.5, 0.6) is 5.75 Å². The fourth-order valence-electron chi connectivity index (χ4n) is 1.78. The molecular weight excluding hydrogens is 306 g/mol. The van der Waals surface area contributed by atoms with E-state index in [-0.39, 0.29) is 23.5 Å². The monoisotopic (exact) mass is 325 g/mol. The zero-order valence-corrected chi connectivity index (χ0v) is 13.5. The number of nitrogens with one attached hydrogen (secondary N) is 2. The van der Waals surface area contributed by atoms with Gasteiger partial charge in [0.05, 0.1) is 6.21 Å². The lowest BCUT2D eigenvalue weighted by atomic mass is 10.1. The van der Waals surface area contributed by atoms with Gasteiger partial charge in [-0.2, -0.15) is 5.10 Å². The summed E-state index contributed by atoms with van der Waals surface area (Å²) in [5, 5.41) is 15.8. The van der Waals surface area contributed by atoms with E-state index >= 15 is 0 Å². The molecule has 0 aliphatic heterocycles. The van der Waals surface area contributed by atoms with Crippen molar-refractivity contribution in [2.24, 2.45) is 11.0 Å². The van der Waals surface area contributed by atoms with Crippen LogP contribution in [0.4, 0.5) is 5.69 Å². The van der Waals surface area contributed by atoms with Gasteiger partial charge in [0.2, 0.25) is 5.91 Å². The summed E-state index contributed by atoms with van der Waals surface area (Å²) in [5.74, 6) is -0.375. The molecule has 0 saturated carbocycles. The molecule has 6 heteroatoms. The summed E-state index contributed by atoms with van der Waals surface area (Å²) < 4.78 is 0. The Morgan fingerprint density at radius 2 is 1.67 bits per heavy atom. The highest BCUT2D eigenvalue weighted by Gasteiger charge is 2.08. The molecular formula is C18H19N3O3. The molecule has 124 valence electrons. The molecule has 2 aromatic carbocycles. The number of phenols is 1. The Balaban J connectivity index is 1.92. The molecule has 0 radical (unpaired) electrons. The second kappa shape index (κ2) is 7.92. The van der Waals surface area contributed by atoms with Crippen LogP contribution in [-0.2, 0) is 4.79 Å². The minimum Gasteiger partial charge on any atom is -0.508 e. The summed E-state index contributed by atoms with van der Waals surface area (Å²) >= 11 is 0. The van der Waals surface area contributed by atoms with Gasteiger partial charge in [-0.15, -0.1) is 0 Å². The molecule has 2 amide bonds. The fourth-order valence-corrected chi connectivity index (χ4v) is 1.78. The molecule has 6 nitrogen and oxygen atoms in total. The van der Waals surface area contributed by atoms with Gasteiger partial charge < -0.3 is 10.4 Å². The summed E-state index contributed by atoms with van der Waals surface area (Å²) in [6, 6.07) is 13.0.